The molecule has 1 heterocycles. The monoisotopic (exact) mass is 292 g/mol. The van der Waals surface area contributed by atoms with E-state index in [2.05, 4.69) is 35.3 Å². The zero-order chi connectivity index (χ0) is 14.8. The van der Waals surface area contributed by atoms with Crippen LogP contribution < -0.4 is 10.1 Å². The van der Waals surface area contributed by atoms with Crippen LogP contribution in [0.15, 0.2) is 24.3 Å². The second-order valence-corrected chi connectivity index (χ2v) is 5.41. The number of nitrogens with zero attached hydrogens (tertiary/aromatic N) is 1. The van der Waals surface area contributed by atoms with E-state index in [4.69, 9.17) is 9.47 Å². The molecule has 1 aliphatic rings. The SMILES string of the molecule is CCc1cccc(OCCCOCCN2CCNCC2)c1. The van der Waals surface area contributed by atoms with Crippen LogP contribution in [0.5, 0.6) is 5.75 Å². The zero-order valence-corrected chi connectivity index (χ0v) is 13.1. The van der Waals surface area contributed by atoms with Gasteiger partial charge in [-0.05, 0) is 24.1 Å². The summed E-state index contributed by atoms with van der Waals surface area (Å²) in [6.45, 7) is 10.0. The molecule has 1 aromatic carbocycles. The molecule has 0 radical (unpaired) electrons. The largest absolute Gasteiger partial charge is 0.493 e. The van der Waals surface area contributed by atoms with Crippen molar-refractivity contribution >= 4 is 0 Å². The van der Waals surface area contributed by atoms with Gasteiger partial charge in [-0.25, -0.2) is 0 Å². The molecule has 0 aliphatic carbocycles. The maximum Gasteiger partial charge on any atom is 0.119 e. The van der Waals surface area contributed by atoms with Gasteiger partial charge in [0.15, 0.2) is 0 Å². The first kappa shape index (κ1) is 16.3. The number of benzene rings is 1. The molecule has 1 aromatic rings. The molecule has 0 unspecified atom stereocenters. The number of piperazine rings is 1. The normalized spacial score (nSPS) is 16.0. The van der Waals surface area contributed by atoms with Gasteiger partial charge in [0.25, 0.3) is 0 Å². The van der Waals surface area contributed by atoms with Crippen molar-refractivity contribution in [2.45, 2.75) is 19.8 Å². The Kier molecular flexibility index (Phi) is 7.57. The Bertz CT molecular complexity index is 392. The summed E-state index contributed by atoms with van der Waals surface area (Å²) in [4.78, 5) is 2.45. The number of hydrogen-bond donors (Lipinski definition) is 1. The fourth-order valence-electron chi connectivity index (χ4n) is 2.44. The summed E-state index contributed by atoms with van der Waals surface area (Å²) in [5.74, 6) is 0.968. The minimum atomic E-state index is 0.723. The standard InChI is InChI=1S/C17H28N2O2/c1-2-16-5-3-6-17(15-16)21-13-4-12-20-14-11-19-9-7-18-8-10-19/h3,5-6,15,18H,2,4,7-14H2,1H3. The summed E-state index contributed by atoms with van der Waals surface area (Å²) in [6.07, 6.45) is 1.99. The van der Waals surface area contributed by atoms with Crippen molar-refractivity contribution in [2.24, 2.45) is 0 Å². The van der Waals surface area contributed by atoms with Crippen LogP contribution in [0.4, 0.5) is 0 Å². The van der Waals surface area contributed by atoms with Crippen molar-refractivity contribution in [2.75, 3.05) is 52.5 Å². The van der Waals surface area contributed by atoms with Crippen molar-refractivity contribution in [3.63, 3.8) is 0 Å². The summed E-state index contributed by atoms with van der Waals surface area (Å²) in [5.41, 5.74) is 1.32. The van der Waals surface area contributed by atoms with Gasteiger partial charge in [-0.15, -0.1) is 0 Å². The van der Waals surface area contributed by atoms with Crippen LogP contribution in [0.2, 0.25) is 0 Å². The topological polar surface area (TPSA) is 33.7 Å². The predicted octanol–water partition coefficient (Wildman–Crippen LogP) is 1.94. The maximum atomic E-state index is 5.75. The molecule has 0 spiro atoms. The second kappa shape index (κ2) is 9.77. The molecule has 0 saturated carbocycles. The van der Waals surface area contributed by atoms with Crippen LogP contribution in [0, 0.1) is 0 Å². The van der Waals surface area contributed by atoms with Gasteiger partial charge in [0.2, 0.25) is 0 Å². The van der Waals surface area contributed by atoms with Gasteiger partial charge in [-0.2, -0.15) is 0 Å². The summed E-state index contributed by atoms with van der Waals surface area (Å²) in [5, 5.41) is 3.36. The molecular formula is C17H28N2O2. The number of rotatable bonds is 9. The van der Waals surface area contributed by atoms with Crippen LogP contribution in [-0.4, -0.2) is 57.4 Å². The molecule has 4 nitrogen and oxygen atoms in total. The van der Waals surface area contributed by atoms with Gasteiger partial charge in [-0.3, -0.25) is 4.90 Å². The number of hydrogen-bond acceptors (Lipinski definition) is 4. The van der Waals surface area contributed by atoms with E-state index in [0.29, 0.717) is 0 Å². The highest BCUT2D eigenvalue weighted by Gasteiger charge is 2.08. The lowest BCUT2D eigenvalue weighted by Gasteiger charge is -2.26. The fourth-order valence-corrected chi connectivity index (χ4v) is 2.44. The van der Waals surface area contributed by atoms with Gasteiger partial charge >= 0.3 is 0 Å². The van der Waals surface area contributed by atoms with E-state index in [-0.39, 0.29) is 0 Å². The molecule has 118 valence electrons. The Morgan fingerprint density at radius 3 is 2.81 bits per heavy atom. The molecule has 0 bridgehead atoms. The maximum absolute atomic E-state index is 5.75. The molecule has 1 saturated heterocycles. The summed E-state index contributed by atoms with van der Waals surface area (Å²) < 4.78 is 11.4. The third-order valence-corrected chi connectivity index (χ3v) is 3.77. The lowest BCUT2D eigenvalue weighted by molar-refractivity contribution is 0.0901. The third-order valence-electron chi connectivity index (χ3n) is 3.77. The third kappa shape index (κ3) is 6.46. The van der Waals surface area contributed by atoms with Crippen LogP contribution in [-0.2, 0) is 11.2 Å². The van der Waals surface area contributed by atoms with Crippen molar-refractivity contribution < 1.29 is 9.47 Å². The first-order chi connectivity index (χ1) is 10.4. The van der Waals surface area contributed by atoms with Crippen molar-refractivity contribution in [1.29, 1.82) is 0 Å². The average Bonchev–Trinajstić information content (AvgIpc) is 2.55. The lowest BCUT2D eigenvalue weighted by Crippen LogP contribution is -2.44. The first-order valence-corrected chi connectivity index (χ1v) is 8.11. The molecule has 1 N–H and O–H groups in total. The summed E-state index contributed by atoms with van der Waals surface area (Å²) in [7, 11) is 0. The second-order valence-electron chi connectivity index (χ2n) is 5.41. The molecule has 0 atom stereocenters. The Labute approximate surface area is 128 Å². The number of aryl methyl sites for hydroxylation is 1. The molecule has 1 fully saturated rings. The molecule has 21 heavy (non-hydrogen) atoms. The van der Waals surface area contributed by atoms with Gasteiger partial charge in [0, 0.05) is 45.8 Å². The van der Waals surface area contributed by atoms with E-state index in [0.717, 1.165) is 71.1 Å². The molecular weight excluding hydrogens is 264 g/mol. The van der Waals surface area contributed by atoms with E-state index in [9.17, 15) is 0 Å². The molecule has 0 amide bonds. The van der Waals surface area contributed by atoms with Crippen molar-refractivity contribution in [3.05, 3.63) is 29.8 Å². The first-order valence-electron chi connectivity index (χ1n) is 8.11. The summed E-state index contributed by atoms with van der Waals surface area (Å²) >= 11 is 0. The molecule has 1 aliphatic heterocycles. The minimum Gasteiger partial charge on any atom is -0.493 e. The highest BCUT2D eigenvalue weighted by atomic mass is 16.5. The molecule has 0 aromatic heterocycles. The number of nitrogens with one attached hydrogen (secondary N) is 1. The van der Waals surface area contributed by atoms with E-state index >= 15 is 0 Å². The minimum absolute atomic E-state index is 0.723. The Morgan fingerprint density at radius 2 is 2.00 bits per heavy atom. The van der Waals surface area contributed by atoms with E-state index < -0.39 is 0 Å². The van der Waals surface area contributed by atoms with Crippen LogP contribution in [0.3, 0.4) is 0 Å². The Balaban J connectivity index is 1.47. The van der Waals surface area contributed by atoms with Gasteiger partial charge in [0.05, 0.1) is 13.2 Å². The quantitative estimate of drug-likeness (QED) is 0.705. The van der Waals surface area contributed by atoms with Crippen LogP contribution >= 0.6 is 0 Å². The van der Waals surface area contributed by atoms with Crippen molar-refractivity contribution in [3.8, 4) is 5.75 Å². The summed E-state index contributed by atoms with van der Waals surface area (Å²) in [6, 6.07) is 8.32. The Hall–Kier alpha value is -1.10. The fraction of sp³-hybridized carbons (Fsp3) is 0.647. The number of ether oxygens (including phenoxy) is 2. The van der Waals surface area contributed by atoms with Crippen LogP contribution in [0.1, 0.15) is 18.9 Å². The van der Waals surface area contributed by atoms with Gasteiger partial charge < -0.3 is 14.8 Å². The molecule has 4 heteroatoms. The lowest BCUT2D eigenvalue weighted by atomic mass is 10.2. The van der Waals surface area contributed by atoms with Gasteiger partial charge in [0.1, 0.15) is 5.75 Å². The zero-order valence-electron chi connectivity index (χ0n) is 13.1. The average molecular weight is 292 g/mol. The Morgan fingerprint density at radius 1 is 1.14 bits per heavy atom. The van der Waals surface area contributed by atoms with E-state index in [1.165, 1.54) is 5.56 Å². The van der Waals surface area contributed by atoms with E-state index in [1.807, 2.05) is 6.07 Å². The van der Waals surface area contributed by atoms with Crippen LogP contribution in [0.25, 0.3) is 0 Å². The highest BCUT2D eigenvalue weighted by Crippen LogP contribution is 2.13. The van der Waals surface area contributed by atoms with Crippen molar-refractivity contribution in [1.82, 2.24) is 10.2 Å². The van der Waals surface area contributed by atoms with Gasteiger partial charge in [-0.1, -0.05) is 19.1 Å². The molecule has 2 rings (SSSR count). The highest BCUT2D eigenvalue weighted by molar-refractivity contribution is 5.28. The predicted molar refractivity (Wildman–Crippen MR) is 86.1 cm³/mol. The smallest absolute Gasteiger partial charge is 0.119 e. The van der Waals surface area contributed by atoms with E-state index in [1.54, 1.807) is 0 Å².